The van der Waals surface area contributed by atoms with Gasteiger partial charge in [0.25, 0.3) is 5.91 Å². The highest BCUT2D eigenvalue weighted by atomic mass is 16.5. The minimum Gasteiger partial charge on any atom is -0.481 e. The van der Waals surface area contributed by atoms with Crippen molar-refractivity contribution in [1.82, 2.24) is 5.48 Å². The highest BCUT2D eigenvalue weighted by molar-refractivity contribution is 5.84. The topological polar surface area (TPSA) is 58.6 Å². The van der Waals surface area contributed by atoms with Crippen LogP contribution in [0.2, 0.25) is 0 Å². The number of nitrogens with one attached hydrogen (secondary N) is 1. The summed E-state index contributed by atoms with van der Waals surface area (Å²) >= 11 is 0. The molecule has 0 heterocycles. The molecule has 2 aromatic carbocycles. The first kappa shape index (κ1) is 16.3. The summed E-state index contributed by atoms with van der Waals surface area (Å²) in [6, 6.07) is 13.7. The van der Waals surface area contributed by atoms with Gasteiger partial charge in [0.1, 0.15) is 5.75 Å². The van der Waals surface area contributed by atoms with E-state index in [2.05, 4.69) is 6.92 Å². The van der Waals surface area contributed by atoms with Crippen LogP contribution in [0.3, 0.4) is 0 Å². The molecule has 4 nitrogen and oxygen atoms in total. The van der Waals surface area contributed by atoms with Crippen LogP contribution in [0.1, 0.15) is 39.0 Å². The lowest BCUT2D eigenvalue weighted by Gasteiger charge is -2.17. The van der Waals surface area contributed by atoms with Gasteiger partial charge < -0.3 is 4.74 Å². The molecule has 0 aliphatic carbocycles. The molecule has 22 heavy (non-hydrogen) atoms. The zero-order valence-corrected chi connectivity index (χ0v) is 12.9. The number of ether oxygens (including phenoxy) is 1. The van der Waals surface area contributed by atoms with E-state index in [-0.39, 0.29) is 0 Å². The van der Waals surface area contributed by atoms with Crippen LogP contribution in [-0.2, 0) is 4.79 Å². The van der Waals surface area contributed by atoms with Crippen molar-refractivity contribution in [2.24, 2.45) is 0 Å². The number of hydrogen-bond donors (Lipinski definition) is 2. The lowest BCUT2D eigenvalue weighted by atomic mass is 10.1. The third-order valence-electron chi connectivity index (χ3n) is 3.72. The van der Waals surface area contributed by atoms with Gasteiger partial charge in [-0.05, 0) is 35.7 Å². The molecular weight excluding hydrogens is 278 g/mol. The fourth-order valence-electron chi connectivity index (χ4n) is 2.48. The maximum Gasteiger partial charge on any atom is 0.284 e. The van der Waals surface area contributed by atoms with Gasteiger partial charge in [-0.25, -0.2) is 5.48 Å². The number of benzene rings is 2. The normalized spacial score (nSPS) is 12.1. The number of hydrogen-bond acceptors (Lipinski definition) is 3. The van der Waals surface area contributed by atoms with E-state index in [9.17, 15) is 4.79 Å². The molecule has 2 rings (SSSR count). The second-order valence-corrected chi connectivity index (χ2v) is 5.44. The third-order valence-corrected chi connectivity index (χ3v) is 3.72. The number of carbonyl (C=O) groups excluding carboxylic acids is 1. The average Bonchev–Trinajstić information content (AvgIpc) is 2.56. The second kappa shape index (κ2) is 8.39. The smallest absolute Gasteiger partial charge is 0.284 e. The Labute approximate surface area is 131 Å². The molecule has 0 bridgehead atoms. The number of fused-ring (bicyclic) bond motifs is 1. The summed E-state index contributed by atoms with van der Waals surface area (Å²) < 4.78 is 5.78. The van der Waals surface area contributed by atoms with Crippen LogP contribution < -0.4 is 10.2 Å². The Balaban J connectivity index is 2.05. The summed E-state index contributed by atoms with van der Waals surface area (Å²) in [5, 5.41) is 11.1. The Kier molecular flexibility index (Phi) is 6.22. The summed E-state index contributed by atoms with van der Waals surface area (Å²) in [6.45, 7) is 2.14. The first-order valence-electron chi connectivity index (χ1n) is 7.84. The van der Waals surface area contributed by atoms with Crippen molar-refractivity contribution < 1.29 is 14.7 Å². The zero-order chi connectivity index (χ0) is 15.8. The summed E-state index contributed by atoms with van der Waals surface area (Å²) in [4.78, 5) is 11.8. The molecule has 118 valence electrons. The maximum absolute atomic E-state index is 11.8. The first-order valence-corrected chi connectivity index (χ1v) is 7.84. The molecule has 0 saturated carbocycles. The quantitative estimate of drug-likeness (QED) is 0.439. The molecule has 1 atom stereocenters. The molecular formula is C18H23NO3. The summed E-state index contributed by atoms with van der Waals surface area (Å²) in [5.74, 6) is 0.146. The molecule has 2 N–H and O–H groups in total. The third kappa shape index (κ3) is 4.46. The van der Waals surface area contributed by atoms with Crippen LogP contribution in [-0.4, -0.2) is 17.2 Å². The predicted octanol–water partition coefficient (Wildman–Crippen LogP) is 4.06. The van der Waals surface area contributed by atoms with Gasteiger partial charge in [-0.2, -0.15) is 0 Å². The number of amides is 1. The molecule has 1 unspecified atom stereocenters. The summed E-state index contributed by atoms with van der Waals surface area (Å²) in [6.07, 6.45) is 4.18. The molecule has 0 radical (unpaired) electrons. The number of carbonyl (C=O) groups is 1. The van der Waals surface area contributed by atoms with Crippen molar-refractivity contribution in [2.45, 2.75) is 45.1 Å². The van der Waals surface area contributed by atoms with E-state index < -0.39 is 12.0 Å². The lowest BCUT2D eigenvalue weighted by Crippen LogP contribution is -2.36. The standard InChI is InChI=1S/C18H23NO3/c1-2-3-4-5-10-17(18(20)19-21)22-16-12-11-14-8-6-7-9-15(14)13-16/h6-9,11-13,17,21H,2-5,10H2,1H3,(H,19,20). The molecule has 0 aromatic heterocycles. The van der Waals surface area contributed by atoms with Crippen LogP contribution in [0, 0.1) is 0 Å². The second-order valence-electron chi connectivity index (χ2n) is 5.44. The van der Waals surface area contributed by atoms with E-state index in [1.807, 2.05) is 42.5 Å². The van der Waals surface area contributed by atoms with Gasteiger partial charge in [0.15, 0.2) is 6.10 Å². The summed E-state index contributed by atoms with van der Waals surface area (Å²) in [5.41, 5.74) is 1.70. The van der Waals surface area contributed by atoms with Gasteiger partial charge >= 0.3 is 0 Å². The first-order chi connectivity index (χ1) is 10.7. The van der Waals surface area contributed by atoms with Crippen LogP contribution >= 0.6 is 0 Å². The van der Waals surface area contributed by atoms with E-state index in [1.165, 1.54) is 0 Å². The van der Waals surface area contributed by atoms with Crippen LogP contribution in [0.5, 0.6) is 5.75 Å². The molecule has 0 spiro atoms. The molecule has 4 heteroatoms. The van der Waals surface area contributed by atoms with Crippen LogP contribution in [0.4, 0.5) is 0 Å². The number of hydroxylamine groups is 1. The molecule has 0 aliphatic heterocycles. The maximum atomic E-state index is 11.8. The molecule has 0 saturated heterocycles. The number of rotatable bonds is 8. The van der Waals surface area contributed by atoms with Crippen molar-refractivity contribution in [1.29, 1.82) is 0 Å². The van der Waals surface area contributed by atoms with Crippen LogP contribution in [0.25, 0.3) is 10.8 Å². The molecule has 1 amide bonds. The van der Waals surface area contributed by atoms with Gasteiger partial charge in [0, 0.05) is 0 Å². The van der Waals surface area contributed by atoms with Crippen molar-refractivity contribution >= 4 is 16.7 Å². The lowest BCUT2D eigenvalue weighted by molar-refractivity contribution is -0.136. The van der Waals surface area contributed by atoms with Crippen molar-refractivity contribution in [3.63, 3.8) is 0 Å². The Morgan fingerprint density at radius 2 is 1.91 bits per heavy atom. The van der Waals surface area contributed by atoms with Crippen LogP contribution in [0.15, 0.2) is 42.5 Å². The SMILES string of the molecule is CCCCCCC(Oc1ccc2ccccc2c1)C(=O)NO. The molecule has 2 aromatic rings. The Morgan fingerprint density at radius 3 is 2.64 bits per heavy atom. The van der Waals surface area contributed by atoms with E-state index in [1.54, 1.807) is 5.48 Å². The van der Waals surface area contributed by atoms with Gasteiger partial charge in [0.2, 0.25) is 0 Å². The van der Waals surface area contributed by atoms with Crippen molar-refractivity contribution in [3.05, 3.63) is 42.5 Å². The molecule has 0 aliphatic rings. The predicted molar refractivity (Wildman–Crippen MR) is 87.1 cm³/mol. The van der Waals surface area contributed by atoms with Crippen molar-refractivity contribution in [3.8, 4) is 5.75 Å². The molecule has 0 fully saturated rings. The van der Waals surface area contributed by atoms with Gasteiger partial charge in [-0.3, -0.25) is 10.0 Å². The number of unbranched alkanes of at least 4 members (excludes halogenated alkanes) is 3. The van der Waals surface area contributed by atoms with Gasteiger partial charge in [-0.15, -0.1) is 0 Å². The largest absolute Gasteiger partial charge is 0.481 e. The van der Waals surface area contributed by atoms with Gasteiger partial charge in [-0.1, -0.05) is 56.5 Å². The highest BCUT2D eigenvalue weighted by Gasteiger charge is 2.19. The van der Waals surface area contributed by atoms with Crippen molar-refractivity contribution in [2.75, 3.05) is 0 Å². The van der Waals surface area contributed by atoms with E-state index in [4.69, 9.17) is 9.94 Å². The Morgan fingerprint density at radius 1 is 1.14 bits per heavy atom. The highest BCUT2D eigenvalue weighted by Crippen LogP contribution is 2.22. The van der Waals surface area contributed by atoms with Gasteiger partial charge in [0.05, 0.1) is 0 Å². The van der Waals surface area contributed by atoms with E-state index >= 15 is 0 Å². The fourth-order valence-corrected chi connectivity index (χ4v) is 2.48. The fraction of sp³-hybridized carbons (Fsp3) is 0.389. The monoisotopic (exact) mass is 301 g/mol. The Bertz CT molecular complexity index is 612. The minimum atomic E-state index is -0.664. The Hall–Kier alpha value is -2.07. The zero-order valence-electron chi connectivity index (χ0n) is 12.9. The summed E-state index contributed by atoms with van der Waals surface area (Å²) in [7, 11) is 0. The van der Waals surface area contributed by atoms with E-state index in [0.717, 1.165) is 36.5 Å². The average molecular weight is 301 g/mol. The van der Waals surface area contributed by atoms with E-state index in [0.29, 0.717) is 12.2 Å². The minimum absolute atomic E-state index is 0.496.